The van der Waals surface area contributed by atoms with Crippen LogP contribution in [0.5, 0.6) is 0 Å². The van der Waals surface area contributed by atoms with Crippen LogP contribution < -0.4 is 5.32 Å². The largest absolute Gasteiger partial charge is 0.313 e. The fourth-order valence-corrected chi connectivity index (χ4v) is 3.65. The van der Waals surface area contributed by atoms with Crippen LogP contribution in [0.1, 0.15) is 56.2 Å². The quantitative estimate of drug-likeness (QED) is 0.810. The molecule has 1 N–H and O–H groups in total. The lowest BCUT2D eigenvalue weighted by atomic mass is 9.92. The Morgan fingerprint density at radius 3 is 2.57 bits per heavy atom. The molecular weight excluding hydrogens is 256 g/mol. The van der Waals surface area contributed by atoms with Crippen molar-refractivity contribution >= 4 is 0 Å². The van der Waals surface area contributed by atoms with Gasteiger partial charge in [0.2, 0.25) is 0 Å². The van der Waals surface area contributed by atoms with E-state index in [9.17, 15) is 0 Å². The maximum atomic E-state index is 3.50. The highest BCUT2D eigenvalue weighted by Crippen LogP contribution is 2.24. The molecule has 0 amide bonds. The Hall–Kier alpha value is -0.860. The van der Waals surface area contributed by atoms with Crippen molar-refractivity contribution in [2.75, 3.05) is 26.7 Å². The van der Waals surface area contributed by atoms with Gasteiger partial charge in [0.25, 0.3) is 0 Å². The number of aryl methyl sites for hydroxylation is 1. The van der Waals surface area contributed by atoms with E-state index in [4.69, 9.17) is 0 Å². The van der Waals surface area contributed by atoms with E-state index in [1.807, 2.05) is 0 Å². The van der Waals surface area contributed by atoms with Crippen molar-refractivity contribution < 1.29 is 0 Å². The molecule has 0 radical (unpaired) electrons. The van der Waals surface area contributed by atoms with Crippen molar-refractivity contribution in [2.45, 2.75) is 52.0 Å². The molecule has 1 aromatic rings. The second-order valence-corrected chi connectivity index (χ2v) is 6.56. The minimum absolute atomic E-state index is 0.486. The first-order chi connectivity index (χ1) is 10.2. The van der Waals surface area contributed by atoms with Gasteiger partial charge in [-0.1, -0.05) is 44.0 Å². The van der Waals surface area contributed by atoms with Crippen molar-refractivity contribution in [3.63, 3.8) is 0 Å². The molecule has 2 rings (SSSR count). The van der Waals surface area contributed by atoms with Crippen LogP contribution in [0.15, 0.2) is 24.3 Å². The Morgan fingerprint density at radius 2 is 1.95 bits per heavy atom. The molecule has 2 nitrogen and oxygen atoms in total. The van der Waals surface area contributed by atoms with Gasteiger partial charge < -0.3 is 10.2 Å². The summed E-state index contributed by atoms with van der Waals surface area (Å²) in [5.41, 5.74) is 2.86. The minimum atomic E-state index is 0.486. The van der Waals surface area contributed by atoms with Crippen molar-refractivity contribution in [1.29, 1.82) is 0 Å². The maximum absolute atomic E-state index is 3.50. The molecule has 1 aliphatic heterocycles. The predicted octanol–water partition coefficient (Wildman–Crippen LogP) is 4.16. The summed E-state index contributed by atoms with van der Waals surface area (Å²) >= 11 is 0. The lowest BCUT2D eigenvalue weighted by Crippen LogP contribution is -2.35. The van der Waals surface area contributed by atoms with Gasteiger partial charge in [-0.25, -0.2) is 0 Å². The van der Waals surface area contributed by atoms with Gasteiger partial charge in [0, 0.05) is 6.04 Å². The molecule has 1 unspecified atom stereocenters. The summed E-state index contributed by atoms with van der Waals surface area (Å²) in [7, 11) is 2.09. The molecule has 0 spiro atoms. The molecular formula is C19H32N2. The smallest absolute Gasteiger partial charge is 0.0332 e. The number of nitrogens with zero attached hydrogens (tertiary/aromatic N) is 1. The van der Waals surface area contributed by atoms with E-state index in [1.54, 1.807) is 0 Å². The zero-order valence-corrected chi connectivity index (χ0v) is 14.1. The first-order valence-electron chi connectivity index (χ1n) is 8.69. The van der Waals surface area contributed by atoms with Crippen LogP contribution in [-0.2, 0) is 0 Å². The van der Waals surface area contributed by atoms with Crippen molar-refractivity contribution in [3.05, 3.63) is 35.4 Å². The number of nitrogens with one attached hydrogen (secondary N) is 1. The Balaban J connectivity index is 1.81. The normalized spacial score (nSPS) is 18.8. The van der Waals surface area contributed by atoms with Crippen LogP contribution in [0.4, 0.5) is 0 Å². The topological polar surface area (TPSA) is 15.3 Å². The predicted molar refractivity (Wildman–Crippen MR) is 91.7 cm³/mol. The van der Waals surface area contributed by atoms with Gasteiger partial charge in [-0.3, -0.25) is 0 Å². The highest BCUT2D eigenvalue weighted by Gasteiger charge is 2.19. The summed E-state index contributed by atoms with van der Waals surface area (Å²) < 4.78 is 0. The SMILES string of the molecule is CCCC1CCN(CCC(NC)c2ccccc2C)CC1. The van der Waals surface area contributed by atoms with Crippen LogP contribution in [0.3, 0.4) is 0 Å². The molecule has 2 heteroatoms. The third-order valence-electron chi connectivity index (χ3n) is 5.05. The summed E-state index contributed by atoms with van der Waals surface area (Å²) in [6, 6.07) is 9.26. The van der Waals surface area contributed by atoms with Crippen LogP contribution in [0, 0.1) is 12.8 Å². The number of hydrogen-bond acceptors (Lipinski definition) is 2. The van der Waals surface area contributed by atoms with Crippen LogP contribution in [0.2, 0.25) is 0 Å². The second kappa shape index (κ2) is 8.55. The molecule has 21 heavy (non-hydrogen) atoms. The molecule has 0 bridgehead atoms. The fourth-order valence-electron chi connectivity index (χ4n) is 3.65. The average molecular weight is 288 g/mol. The zero-order valence-electron chi connectivity index (χ0n) is 14.1. The number of rotatable bonds is 7. The second-order valence-electron chi connectivity index (χ2n) is 6.56. The standard InChI is InChI=1S/C19H32N2/c1-4-7-17-10-13-21(14-11-17)15-12-19(20-3)18-9-6-5-8-16(18)2/h5-6,8-9,17,19-20H,4,7,10-15H2,1-3H3. The zero-order chi connectivity index (χ0) is 15.1. The van der Waals surface area contributed by atoms with Gasteiger partial charge in [0.15, 0.2) is 0 Å². The highest BCUT2D eigenvalue weighted by atomic mass is 15.1. The molecule has 1 fully saturated rings. The van der Waals surface area contributed by atoms with E-state index in [0.29, 0.717) is 6.04 Å². The number of hydrogen-bond donors (Lipinski definition) is 1. The molecule has 1 heterocycles. The molecule has 0 aliphatic carbocycles. The molecule has 1 aromatic carbocycles. The summed E-state index contributed by atoms with van der Waals surface area (Å²) in [4.78, 5) is 2.66. The van der Waals surface area contributed by atoms with Crippen LogP contribution in [0.25, 0.3) is 0 Å². The highest BCUT2D eigenvalue weighted by molar-refractivity contribution is 5.28. The van der Waals surface area contributed by atoms with E-state index in [0.717, 1.165) is 5.92 Å². The van der Waals surface area contributed by atoms with E-state index < -0.39 is 0 Å². The van der Waals surface area contributed by atoms with E-state index >= 15 is 0 Å². The molecule has 118 valence electrons. The summed E-state index contributed by atoms with van der Waals surface area (Å²) in [5.74, 6) is 0.989. The van der Waals surface area contributed by atoms with Gasteiger partial charge in [-0.15, -0.1) is 0 Å². The maximum Gasteiger partial charge on any atom is 0.0332 e. The third kappa shape index (κ3) is 4.82. The van der Waals surface area contributed by atoms with Crippen LogP contribution in [-0.4, -0.2) is 31.6 Å². The number of likely N-dealkylation sites (tertiary alicyclic amines) is 1. The Labute approximate surface area is 130 Å². The number of piperidine rings is 1. The summed E-state index contributed by atoms with van der Waals surface area (Å²) in [6.07, 6.45) is 6.79. The van der Waals surface area contributed by atoms with E-state index in [1.165, 1.54) is 62.9 Å². The Morgan fingerprint density at radius 1 is 1.24 bits per heavy atom. The minimum Gasteiger partial charge on any atom is -0.313 e. The summed E-state index contributed by atoms with van der Waals surface area (Å²) in [6.45, 7) is 8.35. The Kier molecular flexibility index (Phi) is 6.72. The van der Waals surface area contributed by atoms with Gasteiger partial charge in [-0.05, 0) is 69.9 Å². The first kappa shape index (κ1) is 16.5. The van der Waals surface area contributed by atoms with E-state index in [-0.39, 0.29) is 0 Å². The van der Waals surface area contributed by atoms with E-state index in [2.05, 4.69) is 55.4 Å². The number of benzene rings is 1. The summed E-state index contributed by atoms with van der Waals surface area (Å²) in [5, 5.41) is 3.50. The van der Waals surface area contributed by atoms with Crippen molar-refractivity contribution in [2.24, 2.45) is 5.92 Å². The van der Waals surface area contributed by atoms with Gasteiger partial charge in [0.1, 0.15) is 0 Å². The van der Waals surface area contributed by atoms with Gasteiger partial charge >= 0.3 is 0 Å². The Bertz CT molecular complexity index is 408. The first-order valence-corrected chi connectivity index (χ1v) is 8.69. The van der Waals surface area contributed by atoms with Crippen LogP contribution >= 0.6 is 0 Å². The van der Waals surface area contributed by atoms with Crippen molar-refractivity contribution in [3.8, 4) is 0 Å². The molecule has 1 saturated heterocycles. The lowest BCUT2D eigenvalue weighted by Gasteiger charge is -2.33. The molecule has 1 aliphatic rings. The molecule has 1 atom stereocenters. The van der Waals surface area contributed by atoms with Gasteiger partial charge in [0.05, 0.1) is 0 Å². The monoisotopic (exact) mass is 288 g/mol. The lowest BCUT2D eigenvalue weighted by molar-refractivity contribution is 0.172. The third-order valence-corrected chi connectivity index (χ3v) is 5.05. The van der Waals surface area contributed by atoms with Gasteiger partial charge in [-0.2, -0.15) is 0 Å². The fraction of sp³-hybridized carbons (Fsp3) is 0.684. The van der Waals surface area contributed by atoms with Crippen molar-refractivity contribution in [1.82, 2.24) is 10.2 Å². The molecule has 0 saturated carbocycles. The average Bonchev–Trinajstić information content (AvgIpc) is 2.51. The molecule has 0 aromatic heterocycles.